The van der Waals surface area contributed by atoms with Crippen molar-refractivity contribution >= 4 is 17.8 Å². The first-order chi connectivity index (χ1) is 14.4. The number of aryl methyl sites for hydroxylation is 1. The van der Waals surface area contributed by atoms with Crippen LogP contribution >= 0.6 is 0 Å². The highest BCUT2D eigenvalue weighted by molar-refractivity contribution is 5.94. The Morgan fingerprint density at radius 3 is 2.60 bits per heavy atom. The SMILES string of the molecule is NCCCC1CC1(N[C@@H](CCc1ccccc1)C(=O)O)C(=O)N1CCC[C@H]1C(=O)O. The molecule has 0 bridgehead atoms. The van der Waals surface area contributed by atoms with E-state index in [1.54, 1.807) is 0 Å². The van der Waals surface area contributed by atoms with Crippen molar-refractivity contribution in [3.8, 4) is 0 Å². The van der Waals surface area contributed by atoms with Crippen LogP contribution in [0.2, 0.25) is 0 Å². The molecule has 2 unspecified atom stereocenters. The fraction of sp³-hybridized carbons (Fsp3) is 0.591. The largest absolute Gasteiger partial charge is 0.480 e. The maximum Gasteiger partial charge on any atom is 0.326 e. The predicted octanol–water partition coefficient (Wildman–Crippen LogP) is 1.24. The van der Waals surface area contributed by atoms with Gasteiger partial charge in [0.1, 0.15) is 17.6 Å². The van der Waals surface area contributed by atoms with Crippen LogP contribution in [0.3, 0.4) is 0 Å². The smallest absolute Gasteiger partial charge is 0.326 e. The first-order valence-corrected chi connectivity index (χ1v) is 10.7. The molecule has 1 aliphatic carbocycles. The molecule has 1 amide bonds. The van der Waals surface area contributed by atoms with Crippen LogP contribution in [-0.2, 0) is 20.8 Å². The van der Waals surface area contributed by atoms with E-state index in [-0.39, 0.29) is 11.8 Å². The van der Waals surface area contributed by atoms with Crippen LogP contribution in [0.1, 0.15) is 44.1 Å². The highest BCUT2D eigenvalue weighted by Crippen LogP contribution is 2.49. The Bertz CT molecular complexity index is 771. The summed E-state index contributed by atoms with van der Waals surface area (Å²) in [5.41, 5.74) is 5.65. The Hall–Kier alpha value is -2.45. The second kappa shape index (κ2) is 9.57. The minimum atomic E-state index is -1.01. The van der Waals surface area contributed by atoms with Crippen LogP contribution in [-0.4, -0.2) is 63.7 Å². The molecule has 8 nitrogen and oxygen atoms in total. The molecule has 1 saturated heterocycles. The number of hydrogen-bond donors (Lipinski definition) is 4. The van der Waals surface area contributed by atoms with E-state index >= 15 is 0 Å². The lowest BCUT2D eigenvalue weighted by atomic mass is 10.0. The molecule has 0 radical (unpaired) electrons. The highest BCUT2D eigenvalue weighted by Gasteiger charge is 2.62. The molecule has 1 heterocycles. The standard InChI is InChI=1S/C22H31N3O5/c23-12-4-8-16-14-22(16,21(30)25-13-5-9-18(25)20(28)29)24-17(19(26)27)11-10-15-6-2-1-3-7-15/h1-3,6-7,16-18,24H,4-5,8-14,23H2,(H,26,27)(H,28,29)/t16?,17-,18-,22?/m0/s1. The van der Waals surface area contributed by atoms with Gasteiger partial charge in [-0.05, 0) is 63.0 Å². The number of nitrogens with zero attached hydrogens (tertiary/aromatic N) is 1. The lowest BCUT2D eigenvalue weighted by Crippen LogP contribution is -2.57. The van der Waals surface area contributed by atoms with Crippen molar-refractivity contribution in [3.63, 3.8) is 0 Å². The average molecular weight is 418 g/mol. The highest BCUT2D eigenvalue weighted by atomic mass is 16.4. The molecule has 1 aromatic carbocycles. The lowest BCUT2D eigenvalue weighted by Gasteiger charge is -2.30. The number of hydrogen-bond acceptors (Lipinski definition) is 5. The third kappa shape index (κ3) is 4.82. The molecular formula is C22H31N3O5. The van der Waals surface area contributed by atoms with Crippen molar-refractivity contribution in [2.45, 2.75) is 62.6 Å². The van der Waals surface area contributed by atoms with Crippen LogP contribution in [0.25, 0.3) is 0 Å². The van der Waals surface area contributed by atoms with E-state index < -0.39 is 29.6 Å². The predicted molar refractivity (Wildman–Crippen MR) is 111 cm³/mol. The molecule has 30 heavy (non-hydrogen) atoms. The quantitative estimate of drug-likeness (QED) is 0.426. The number of aliphatic carboxylic acids is 2. The summed E-state index contributed by atoms with van der Waals surface area (Å²) in [6.45, 7) is 0.892. The minimum Gasteiger partial charge on any atom is -0.480 e. The average Bonchev–Trinajstić information content (AvgIpc) is 3.19. The first kappa shape index (κ1) is 22.2. The number of nitrogens with one attached hydrogen (secondary N) is 1. The summed E-state index contributed by atoms with van der Waals surface area (Å²) < 4.78 is 0. The van der Waals surface area contributed by atoms with Crippen LogP contribution < -0.4 is 11.1 Å². The number of likely N-dealkylation sites (tertiary alicyclic amines) is 1. The van der Waals surface area contributed by atoms with Crippen LogP contribution in [0.5, 0.6) is 0 Å². The maximum absolute atomic E-state index is 13.4. The Kier molecular flexibility index (Phi) is 7.10. The molecule has 0 spiro atoms. The van der Waals surface area contributed by atoms with Crippen LogP contribution in [0.15, 0.2) is 30.3 Å². The normalized spacial score (nSPS) is 26.4. The molecule has 4 atom stereocenters. The summed E-state index contributed by atoms with van der Waals surface area (Å²) >= 11 is 0. The van der Waals surface area contributed by atoms with Crippen molar-refractivity contribution in [3.05, 3.63) is 35.9 Å². The van der Waals surface area contributed by atoms with Gasteiger partial charge in [-0.25, -0.2) is 4.79 Å². The molecule has 2 aliphatic rings. The second-order valence-electron chi connectivity index (χ2n) is 8.36. The topological polar surface area (TPSA) is 133 Å². The molecule has 5 N–H and O–H groups in total. The van der Waals surface area contributed by atoms with Crippen molar-refractivity contribution in [2.75, 3.05) is 13.1 Å². The van der Waals surface area contributed by atoms with Gasteiger partial charge >= 0.3 is 11.9 Å². The number of amides is 1. The van der Waals surface area contributed by atoms with Gasteiger partial charge in [0.15, 0.2) is 0 Å². The zero-order valence-electron chi connectivity index (χ0n) is 17.1. The van der Waals surface area contributed by atoms with E-state index in [2.05, 4.69) is 5.32 Å². The monoisotopic (exact) mass is 417 g/mol. The van der Waals surface area contributed by atoms with E-state index in [1.807, 2.05) is 30.3 Å². The molecule has 1 aliphatic heterocycles. The molecule has 8 heteroatoms. The number of carboxylic acids is 2. The van der Waals surface area contributed by atoms with Gasteiger partial charge in [0.25, 0.3) is 0 Å². The van der Waals surface area contributed by atoms with Gasteiger partial charge in [-0.15, -0.1) is 0 Å². The van der Waals surface area contributed by atoms with Gasteiger partial charge in [-0.1, -0.05) is 30.3 Å². The van der Waals surface area contributed by atoms with Gasteiger partial charge in [0, 0.05) is 6.54 Å². The van der Waals surface area contributed by atoms with E-state index in [9.17, 15) is 24.6 Å². The zero-order valence-corrected chi connectivity index (χ0v) is 17.1. The summed E-state index contributed by atoms with van der Waals surface area (Å²) in [6, 6.07) is 7.90. The second-order valence-corrected chi connectivity index (χ2v) is 8.36. The summed E-state index contributed by atoms with van der Waals surface area (Å²) in [7, 11) is 0. The molecule has 1 saturated carbocycles. The molecular weight excluding hydrogens is 386 g/mol. The van der Waals surface area contributed by atoms with Crippen LogP contribution in [0.4, 0.5) is 0 Å². The Morgan fingerprint density at radius 2 is 1.97 bits per heavy atom. The summed E-state index contributed by atoms with van der Waals surface area (Å²) in [6.07, 6.45) is 3.97. The van der Waals surface area contributed by atoms with E-state index in [4.69, 9.17) is 5.73 Å². The maximum atomic E-state index is 13.4. The van der Waals surface area contributed by atoms with Gasteiger partial charge < -0.3 is 20.8 Å². The van der Waals surface area contributed by atoms with Gasteiger partial charge in [0.05, 0.1) is 0 Å². The third-order valence-electron chi connectivity index (χ3n) is 6.34. The van der Waals surface area contributed by atoms with Crippen molar-refractivity contribution in [2.24, 2.45) is 11.7 Å². The Balaban J connectivity index is 1.75. The minimum absolute atomic E-state index is 0.0258. The van der Waals surface area contributed by atoms with Crippen molar-refractivity contribution < 1.29 is 24.6 Å². The van der Waals surface area contributed by atoms with Crippen LogP contribution in [0, 0.1) is 5.92 Å². The summed E-state index contributed by atoms with van der Waals surface area (Å²) in [5, 5.41) is 22.4. The van der Waals surface area contributed by atoms with Gasteiger partial charge in [0.2, 0.25) is 5.91 Å². The molecule has 164 valence electrons. The fourth-order valence-corrected chi connectivity index (χ4v) is 4.59. The first-order valence-electron chi connectivity index (χ1n) is 10.7. The molecule has 3 rings (SSSR count). The number of carbonyl (C=O) groups is 3. The third-order valence-corrected chi connectivity index (χ3v) is 6.34. The summed E-state index contributed by atoms with van der Waals surface area (Å²) in [5.74, 6) is -2.31. The van der Waals surface area contributed by atoms with E-state index in [0.717, 1.165) is 12.0 Å². The van der Waals surface area contributed by atoms with Crippen molar-refractivity contribution in [1.29, 1.82) is 0 Å². The Morgan fingerprint density at radius 1 is 1.23 bits per heavy atom. The van der Waals surface area contributed by atoms with Gasteiger partial charge in [-0.2, -0.15) is 0 Å². The lowest BCUT2D eigenvalue weighted by molar-refractivity contribution is -0.150. The van der Waals surface area contributed by atoms with Gasteiger partial charge in [-0.3, -0.25) is 14.9 Å². The number of carbonyl (C=O) groups excluding carboxylic acids is 1. The number of nitrogens with two attached hydrogens (primary N) is 1. The number of carboxylic acid groups (broad SMARTS) is 2. The van der Waals surface area contributed by atoms with E-state index in [1.165, 1.54) is 4.90 Å². The summed E-state index contributed by atoms with van der Waals surface area (Å²) in [4.78, 5) is 38.4. The van der Waals surface area contributed by atoms with Crippen molar-refractivity contribution in [1.82, 2.24) is 10.2 Å². The Labute approximate surface area is 176 Å². The molecule has 1 aromatic rings. The number of rotatable bonds is 11. The fourth-order valence-electron chi connectivity index (χ4n) is 4.59. The number of benzene rings is 1. The van der Waals surface area contributed by atoms with E-state index in [0.29, 0.717) is 51.6 Å². The zero-order chi connectivity index (χ0) is 21.7. The molecule has 2 fully saturated rings. The molecule has 0 aromatic heterocycles.